The van der Waals surface area contributed by atoms with E-state index >= 15 is 0 Å². The molecule has 1 nitrogen and oxygen atoms in total. The largest absolute Gasteiger partial charge is 0.309 e. The van der Waals surface area contributed by atoms with Crippen LogP contribution in [-0.4, -0.2) is 7.05 Å². The highest BCUT2D eigenvalue weighted by Gasteiger charge is 2.19. The molecule has 18 heavy (non-hydrogen) atoms. The number of rotatable bonds is 3. The average Bonchev–Trinajstić information content (AvgIpc) is 2.64. The van der Waals surface area contributed by atoms with E-state index in [1.165, 1.54) is 21.6 Å². The minimum Gasteiger partial charge on any atom is -0.309 e. The molecule has 1 aromatic heterocycles. The maximum absolute atomic E-state index is 3.57. The van der Waals surface area contributed by atoms with Gasteiger partial charge in [0.2, 0.25) is 0 Å². The van der Waals surface area contributed by atoms with Crippen molar-refractivity contribution in [3.8, 4) is 0 Å². The first-order valence-corrected chi connectivity index (χ1v) is 8.13. The molecule has 0 bridgehead atoms. The Kier molecular flexibility index (Phi) is 4.64. The molecule has 0 saturated carbocycles. The van der Waals surface area contributed by atoms with Gasteiger partial charge in [-0.1, -0.05) is 18.2 Å². The number of hydrogen-bond donors (Lipinski definition) is 1. The third-order valence-corrected chi connectivity index (χ3v) is 6.39. The lowest BCUT2D eigenvalue weighted by molar-refractivity contribution is 0.694. The van der Waals surface area contributed by atoms with E-state index in [0.29, 0.717) is 0 Å². The smallest absolute Gasteiger partial charge is 0.0843 e. The van der Waals surface area contributed by atoms with Crippen LogP contribution in [0.4, 0.5) is 0 Å². The number of benzene rings is 1. The second-order valence-corrected chi connectivity index (χ2v) is 7.55. The van der Waals surface area contributed by atoms with Gasteiger partial charge in [-0.3, -0.25) is 0 Å². The van der Waals surface area contributed by atoms with Gasteiger partial charge in [-0.25, -0.2) is 0 Å². The van der Waals surface area contributed by atoms with Crippen molar-refractivity contribution < 1.29 is 0 Å². The Morgan fingerprint density at radius 1 is 1.17 bits per heavy atom. The fourth-order valence-electron chi connectivity index (χ4n) is 2.22. The van der Waals surface area contributed by atoms with Crippen molar-refractivity contribution in [1.29, 1.82) is 0 Å². The fraction of sp³-hybridized carbons (Fsp3) is 0.286. The first kappa shape index (κ1) is 14.3. The summed E-state index contributed by atoms with van der Waals surface area (Å²) in [5.74, 6) is 0. The van der Waals surface area contributed by atoms with Crippen molar-refractivity contribution in [3.63, 3.8) is 0 Å². The molecule has 4 heteroatoms. The van der Waals surface area contributed by atoms with Gasteiger partial charge < -0.3 is 5.32 Å². The zero-order chi connectivity index (χ0) is 13.3. The van der Waals surface area contributed by atoms with E-state index in [0.717, 1.165) is 8.26 Å². The third kappa shape index (κ3) is 2.72. The van der Waals surface area contributed by atoms with Crippen LogP contribution in [0.15, 0.2) is 32.5 Å². The summed E-state index contributed by atoms with van der Waals surface area (Å²) in [6.07, 6.45) is 0. The minimum atomic E-state index is 0.249. The zero-order valence-corrected chi connectivity index (χ0v) is 14.5. The van der Waals surface area contributed by atoms with Crippen molar-refractivity contribution in [2.45, 2.75) is 19.9 Å². The van der Waals surface area contributed by atoms with Gasteiger partial charge in [0.25, 0.3) is 0 Å². The highest BCUT2D eigenvalue weighted by molar-refractivity contribution is 9.13. The van der Waals surface area contributed by atoms with Gasteiger partial charge in [-0.15, -0.1) is 11.3 Å². The quantitative estimate of drug-likeness (QED) is 0.761. The van der Waals surface area contributed by atoms with Crippen LogP contribution >= 0.6 is 43.2 Å². The van der Waals surface area contributed by atoms with E-state index in [2.05, 4.69) is 75.3 Å². The summed E-state index contributed by atoms with van der Waals surface area (Å²) < 4.78 is 2.26. The van der Waals surface area contributed by atoms with Gasteiger partial charge in [0, 0.05) is 9.35 Å². The lowest BCUT2D eigenvalue weighted by atomic mass is 9.95. The Morgan fingerprint density at radius 3 is 2.22 bits per heavy atom. The minimum absolute atomic E-state index is 0.249. The lowest BCUT2D eigenvalue weighted by Gasteiger charge is -2.20. The van der Waals surface area contributed by atoms with Crippen molar-refractivity contribution in [2.24, 2.45) is 0 Å². The normalized spacial score (nSPS) is 12.7. The van der Waals surface area contributed by atoms with Crippen molar-refractivity contribution in [2.75, 3.05) is 7.05 Å². The highest BCUT2D eigenvalue weighted by atomic mass is 79.9. The number of nitrogens with one attached hydrogen (secondary N) is 1. The molecule has 0 aliphatic heterocycles. The molecule has 1 heterocycles. The molecule has 0 aliphatic rings. The Balaban J connectivity index is 2.52. The van der Waals surface area contributed by atoms with Gasteiger partial charge in [0.15, 0.2) is 0 Å². The van der Waals surface area contributed by atoms with Crippen molar-refractivity contribution >= 4 is 43.2 Å². The summed E-state index contributed by atoms with van der Waals surface area (Å²) in [5, 5.41) is 3.43. The summed E-state index contributed by atoms with van der Waals surface area (Å²) in [6.45, 7) is 4.34. The molecule has 0 fully saturated rings. The maximum Gasteiger partial charge on any atom is 0.0843 e. The molecule has 0 aliphatic carbocycles. The number of aryl methyl sites for hydroxylation is 2. The predicted octanol–water partition coefficient (Wildman–Crippen LogP) is 5.20. The van der Waals surface area contributed by atoms with E-state index in [9.17, 15) is 0 Å². The van der Waals surface area contributed by atoms with E-state index < -0.39 is 0 Å². The average molecular weight is 389 g/mol. The van der Waals surface area contributed by atoms with Crippen LogP contribution in [0.25, 0.3) is 0 Å². The monoisotopic (exact) mass is 387 g/mol. The van der Waals surface area contributed by atoms with E-state index in [1.807, 2.05) is 7.05 Å². The van der Waals surface area contributed by atoms with Crippen molar-refractivity contribution in [3.05, 3.63) is 54.1 Å². The van der Waals surface area contributed by atoms with Crippen LogP contribution < -0.4 is 5.32 Å². The van der Waals surface area contributed by atoms with Crippen LogP contribution in [0.5, 0.6) is 0 Å². The molecular weight excluding hydrogens is 374 g/mol. The summed E-state index contributed by atoms with van der Waals surface area (Å²) in [4.78, 5) is 1.31. The van der Waals surface area contributed by atoms with Crippen LogP contribution in [0.1, 0.15) is 27.6 Å². The number of hydrogen-bond acceptors (Lipinski definition) is 2. The first-order valence-electron chi connectivity index (χ1n) is 5.72. The summed E-state index contributed by atoms with van der Waals surface area (Å²) >= 11 is 8.89. The number of halogens is 2. The SMILES string of the molecule is CNC(c1cc(Br)c(Br)s1)c1c(C)cccc1C. The van der Waals surface area contributed by atoms with E-state index in [4.69, 9.17) is 0 Å². The van der Waals surface area contributed by atoms with Crippen molar-refractivity contribution in [1.82, 2.24) is 5.32 Å². The zero-order valence-electron chi connectivity index (χ0n) is 10.6. The molecule has 0 spiro atoms. The molecular formula is C14H15Br2NS. The van der Waals surface area contributed by atoms with Crippen LogP contribution in [0.2, 0.25) is 0 Å². The van der Waals surface area contributed by atoms with Gasteiger partial charge in [0.05, 0.1) is 9.83 Å². The predicted molar refractivity (Wildman–Crippen MR) is 86.5 cm³/mol. The summed E-state index contributed by atoms with van der Waals surface area (Å²) in [5.41, 5.74) is 4.03. The van der Waals surface area contributed by atoms with Gasteiger partial charge in [-0.2, -0.15) is 0 Å². The van der Waals surface area contributed by atoms with Crippen LogP contribution in [0, 0.1) is 13.8 Å². The first-order chi connectivity index (χ1) is 8.54. The molecule has 0 amide bonds. The second kappa shape index (κ2) is 5.87. The third-order valence-electron chi connectivity index (χ3n) is 3.07. The van der Waals surface area contributed by atoms with Gasteiger partial charge in [0.1, 0.15) is 0 Å². The summed E-state index contributed by atoms with van der Waals surface area (Å²) in [7, 11) is 2.01. The Labute approximate surface area is 129 Å². The molecule has 1 N–H and O–H groups in total. The second-order valence-electron chi connectivity index (χ2n) is 4.30. The Bertz CT molecular complexity index is 523. The van der Waals surface area contributed by atoms with E-state index in [1.54, 1.807) is 11.3 Å². The van der Waals surface area contributed by atoms with Crippen LogP contribution in [0.3, 0.4) is 0 Å². The molecule has 0 saturated heterocycles. The molecule has 2 aromatic rings. The molecule has 2 rings (SSSR count). The molecule has 96 valence electrons. The summed E-state index contributed by atoms with van der Waals surface area (Å²) in [6, 6.07) is 8.89. The number of thiophene rings is 1. The molecule has 1 unspecified atom stereocenters. The van der Waals surface area contributed by atoms with Crippen LogP contribution in [-0.2, 0) is 0 Å². The Morgan fingerprint density at radius 2 is 1.78 bits per heavy atom. The molecule has 1 aromatic carbocycles. The fourth-order valence-corrected chi connectivity index (χ4v) is 4.43. The maximum atomic E-state index is 3.57. The Hall–Kier alpha value is -0.160. The lowest BCUT2D eigenvalue weighted by Crippen LogP contribution is -2.18. The highest BCUT2D eigenvalue weighted by Crippen LogP contribution is 2.38. The topological polar surface area (TPSA) is 12.0 Å². The van der Waals surface area contributed by atoms with Gasteiger partial charge in [-0.05, 0) is 75.5 Å². The van der Waals surface area contributed by atoms with Gasteiger partial charge >= 0.3 is 0 Å². The molecule has 1 atom stereocenters. The molecule has 0 radical (unpaired) electrons. The van der Waals surface area contributed by atoms with E-state index in [-0.39, 0.29) is 6.04 Å². The standard InChI is InChI=1S/C14H15Br2NS/c1-8-5-4-6-9(2)12(8)13(17-3)11-7-10(15)14(16)18-11/h4-7,13,17H,1-3H3.